The number of carbonyl (C=O) groups excluding carboxylic acids is 1. The first-order valence-corrected chi connectivity index (χ1v) is 7.72. The molecule has 1 amide bonds. The monoisotopic (exact) mass is 294 g/mol. The zero-order valence-corrected chi connectivity index (χ0v) is 13.4. The van der Waals surface area contributed by atoms with Crippen molar-refractivity contribution in [3.05, 3.63) is 65.7 Å². The normalized spacial score (nSPS) is 18.4. The lowest BCUT2D eigenvalue weighted by Gasteiger charge is -2.31. The second-order valence-corrected chi connectivity index (χ2v) is 6.17. The van der Waals surface area contributed by atoms with E-state index in [-0.39, 0.29) is 18.0 Å². The van der Waals surface area contributed by atoms with Crippen LogP contribution in [0.25, 0.3) is 0 Å². The minimum atomic E-state index is -0.255. The largest absolute Gasteiger partial charge is 0.307 e. The van der Waals surface area contributed by atoms with Crippen molar-refractivity contribution in [3.63, 3.8) is 0 Å². The summed E-state index contributed by atoms with van der Waals surface area (Å²) in [4.78, 5) is 17.2. The van der Waals surface area contributed by atoms with Crippen LogP contribution in [0.4, 0.5) is 5.69 Å². The SMILES string of the molecule is CC1Cc2ccccc2N1C(=O)C(c1ccccc1)N(C)C. The Balaban J connectivity index is 1.98. The number of rotatable bonds is 3. The first-order chi connectivity index (χ1) is 10.6. The van der Waals surface area contributed by atoms with E-state index in [2.05, 4.69) is 19.1 Å². The fraction of sp³-hybridized carbons (Fsp3) is 0.316. The summed E-state index contributed by atoms with van der Waals surface area (Å²) in [5.41, 5.74) is 3.35. The zero-order chi connectivity index (χ0) is 15.7. The van der Waals surface area contributed by atoms with Crippen molar-refractivity contribution < 1.29 is 4.79 Å². The summed E-state index contributed by atoms with van der Waals surface area (Å²) in [6.07, 6.45) is 0.927. The Morgan fingerprint density at radius 2 is 1.73 bits per heavy atom. The Labute approximate surface area is 132 Å². The molecule has 1 aliphatic heterocycles. The minimum Gasteiger partial charge on any atom is -0.307 e. The second kappa shape index (κ2) is 5.93. The highest BCUT2D eigenvalue weighted by molar-refractivity contribution is 6.00. The average Bonchev–Trinajstić information content (AvgIpc) is 2.83. The smallest absolute Gasteiger partial charge is 0.249 e. The number of hydrogen-bond acceptors (Lipinski definition) is 2. The number of carbonyl (C=O) groups is 1. The molecule has 3 heteroatoms. The predicted octanol–water partition coefficient (Wildman–Crippen LogP) is 3.27. The predicted molar refractivity (Wildman–Crippen MR) is 90.0 cm³/mol. The molecule has 0 fully saturated rings. The van der Waals surface area contributed by atoms with Crippen LogP contribution >= 0.6 is 0 Å². The Kier molecular flexibility index (Phi) is 3.99. The van der Waals surface area contributed by atoms with E-state index < -0.39 is 0 Å². The van der Waals surface area contributed by atoms with E-state index in [1.165, 1.54) is 5.56 Å². The summed E-state index contributed by atoms with van der Waals surface area (Å²) in [5, 5.41) is 0. The maximum Gasteiger partial charge on any atom is 0.249 e. The third-order valence-corrected chi connectivity index (χ3v) is 4.31. The van der Waals surface area contributed by atoms with Crippen molar-refractivity contribution in [3.8, 4) is 0 Å². The number of benzene rings is 2. The number of likely N-dealkylation sites (N-methyl/N-ethyl adjacent to an activating group) is 1. The number of fused-ring (bicyclic) bond motifs is 1. The number of amides is 1. The summed E-state index contributed by atoms with van der Waals surface area (Å²) >= 11 is 0. The molecule has 3 rings (SSSR count). The highest BCUT2D eigenvalue weighted by Crippen LogP contribution is 2.35. The van der Waals surface area contributed by atoms with E-state index in [0.717, 1.165) is 17.7 Å². The van der Waals surface area contributed by atoms with Gasteiger partial charge in [-0.1, -0.05) is 48.5 Å². The van der Waals surface area contributed by atoms with Crippen molar-refractivity contribution in [2.45, 2.75) is 25.4 Å². The lowest BCUT2D eigenvalue weighted by Crippen LogP contribution is -2.43. The van der Waals surface area contributed by atoms with E-state index in [0.29, 0.717) is 0 Å². The first kappa shape index (κ1) is 14.8. The van der Waals surface area contributed by atoms with E-state index in [1.54, 1.807) is 0 Å². The third-order valence-electron chi connectivity index (χ3n) is 4.31. The van der Waals surface area contributed by atoms with Crippen LogP contribution in [0.2, 0.25) is 0 Å². The van der Waals surface area contributed by atoms with Gasteiger partial charge < -0.3 is 4.90 Å². The second-order valence-electron chi connectivity index (χ2n) is 6.17. The molecule has 0 aliphatic carbocycles. The molecule has 1 heterocycles. The van der Waals surface area contributed by atoms with Crippen LogP contribution in [-0.4, -0.2) is 30.9 Å². The summed E-state index contributed by atoms with van der Waals surface area (Å²) in [7, 11) is 3.92. The van der Waals surface area contributed by atoms with Gasteiger partial charge in [0.2, 0.25) is 5.91 Å². The van der Waals surface area contributed by atoms with E-state index in [1.807, 2.05) is 66.4 Å². The Hall–Kier alpha value is -2.13. The van der Waals surface area contributed by atoms with Crippen LogP contribution in [0.3, 0.4) is 0 Å². The van der Waals surface area contributed by atoms with Crippen LogP contribution in [0, 0.1) is 0 Å². The summed E-state index contributed by atoms with van der Waals surface area (Å²) < 4.78 is 0. The van der Waals surface area contributed by atoms with Gasteiger partial charge in [0.25, 0.3) is 0 Å². The summed E-state index contributed by atoms with van der Waals surface area (Å²) in [6, 6.07) is 18.2. The zero-order valence-electron chi connectivity index (χ0n) is 13.4. The summed E-state index contributed by atoms with van der Waals surface area (Å²) in [6.45, 7) is 2.12. The molecule has 2 aromatic carbocycles. The van der Waals surface area contributed by atoms with Gasteiger partial charge >= 0.3 is 0 Å². The molecule has 0 radical (unpaired) electrons. The van der Waals surface area contributed by atoms with Gasteiger partial charge in [0.15, 0.2) is 0 Å². The standard InChI is InChI=1S/C19H22N2O/c1-14-13-16-11-7-8-12-17(16)21(14)19(22)18(20(2)3)15-9-5-4-6-10-15/h4-12,14,18H,13H2,1-3H3. The molecule has 22 heavy (non-hydrogen) atoms. The third kappa shape index (κ3) is 2.53. The lowest BCUT2D eigenvalue weighted by atomic mass is 10.0. The molecule has 0 bridgehead atoms. The molecule has 114 valence electrons. The number of anilines is 1. The maximum atomic E-state index is 13.2. The van der Waals surface area contributed by atoms with Gasteiger partial charge in [0.05, 0.1) is 0 Å². The van der Waals surface area contributed by atoms with E-state index in [9.17, 15) is 4.79 Å². The Bertz CT molecular complexity index is 662. The topological polar surface area (TPSA) is 23.6 Å². The molecule has 2 unspecified atom stereocenters. The molecule has 0 spiro atoms. The van der Waals surface area contributed by atoms with Crippen molar-refractivity contribution in [2.24, 2.45) is 0 Å². The average molecular weight is 294 g/mol. The fourth-order valence-electron chi connectivity index (χ4n) is 3.33. The number of para-hydroxylation sites is 1. The lowest BCUT2D eigenvalue weighted by molar-refractivity contribution is -0.123. The van der Waals surface area contributed by atoms with Crippen molar-refractivity contribution >= 4 is 11.6 Å². The van der Waals surface area contributed by atoms with Crippen molar-refractivity contribution in [1.29, 1.82) is 0 Å². The minimum absolute atomic E-state index is 0.147. The van der Waals surface area contributed by atoms with Crippen LogP contribution in [0.5, 0.6) is 0 Å². The molecular weight excluding hydrogens is 272 g/mol. The van der Waals surface area contributed by atoms with Gasteiger partial charge in [-0.05, 0) is 44.6 Å². The quantitative estimate of drug-likeness (QED) is 0.867. The van der Waals surface area contributed by atoms with Gasteiger partial charge in [-0.2, -0.15) is 0 Å². The van der Waals surface area contributed by atoms with Crippen LogP contribution in [0.1, 0.15) is 24.1 Å². The van der Waals surface area contributed by atoms with Crippen molar-refractivity contribution in [1.82, 2.24) is 4.90 Å². The molecule has 0 N–H and O–H groups in total. The molecule has 0 aromatic heterocycles. The highest BCUT2D eigenvalue weighted by Gasteiger charge is 2.36. The van der Waals surface area contributed by atoms with E-state index >= 15 is 0 Å². The fourth-order valence-corrected chi connectivity index (χ4v) is 3.33. The molecule has 0 saturated carbocycles. The summed E-state index contributed by atoms with van der Waals surface area (Å²) in [5.74, 6) is 0.147. The van der Waals surface area contributed by atoms with Gasteiger partial charge in [0, 0.05) is 11.7 Å². The molecule has 3 nitrogen and oxygen atoms in total. The van der Waals surface area contributed by atoms with Crippen LogP contribution in [0.15, 0.2) is 54.6 Å². The first-order valence-electron chi connectivity index (χ1n) is 7.72. The van der Waals surface area contributed by atoms with Gasteiger partial charge in [-0.3, -0.25) is 9.69 Å². The van der Waals surface area contributed by atoms with E-state index in [4.69, 9.17) is 0 Å². The van der Waals surface area contributed by atoms with Crippen LogP contribution < -0.4 is 4.90 Å². The molecular formula is C19H22N2O. The molecule has 2 atom stereocenters. The number of nitrogens with zero attached hydrogens (tertiary/aromatic N) is 2. The number of hydrogen-bond donors (Lipinski definition) is 0. The molecule has 1 aliphatic rings. The van der Waals surface area contributed by atoms with Gasteiger partial charge in [-0.15, -0.1) is 0 Å². The molecule has 0 saturated heterocycles. The van der Waals surface area contributed by atoms with Gasteiger partial charge in [0.1, 0.15) is 6.04 Å². The van der Waals surface area contributed by atoms with Gasteiger partial charge in [-0.25, -0.2) is 0 Å². The Morgan fingerprint density at radius 3 is 2.41 bits per heavy atom. The Morgan fingerprint density at radius 1 is 1.09 bits per heavy atom. The van der Waals surface area contributed by atoms with Crippen molar-refractivity contribution in [2.75, 3.05) is 19.0 Å². The van der Waals surface area contributed by atoms with Crippen LogP contribution in [-0.2, 0) is 11.2 Å². The molecule has 2 aromatic rings. The highest BCUT2D eigenvalue weighted by atomic mass is 16.2. The maximum absolute atomic E-state index is 13.2.